The van der Waals surface area contributed by atoms with Gasteiger partial charge < -0.3 is 14.2 Å². The molecule has 1 saturated heterocycles. The van der Waals surface area contributed by atoms with Crippen LogP contribution in [-0.4, -0.2) is 51.3 Å². The molecule has 1 aromatic heterocycles. The van der Waals surface area contributed by atoms with Crippen LogP contribution in [0.25, 0.3) is 0 Å². The summed E-state index contributed by atoms with van der Waals surface area (Å²) in [5, 5.41) is 0. The van der Waals surface area contributed by atoms with E-state index in [9.17, 15) is 23.7 Å². The van der Waals surface area contributed by atoms with E-state index in [0.717, 1.165) is 16.8 Å². The Morgan fingerprint density at radius 2 is 1.47 bits per heavy atom. The molecule has 0 saturated carbocycles. The van der Waals surface area contributed by atoms with Gasteiger partial charge in [-0.1, -0.05) is 36.4 Å². The Labute approximate surface area is 204 Å². The summed E-state index contributed by atoms with van der Waals surface area (Å²) in [6, 6.07) is 16.9. The minimum absolute atomic E-state index is 0.177. The molecule has 1 aliphatic heterocycles. The minimum atomic E-state index is -3.04. The molecule has 4 rings (SSSR count). The number of carbonyl (C=O) groups is 2. The second-order valence-electron chi connectivity index (χ2n) is 7.59. The first-order valence-corrected chi connectivity index (χ1v) is 11.7. The lowest BCUT2D eigenvalue weighted by molar-refractivity contribution is -0.0581. The van der Waals surface area contributed by atoms with Crippen molar-refractivity contribution >= 4 is 20.2 Å². The number of aromatic amines is 1. The zero-order chi connectivity index (χ0) is 25.7. The SMILES string of the molecule is O=C(O[C@@H]1[C@H](OC(=O)c2ccccc2)[C@@H](CO[P+](=O)O)O[C@H]1n1ccc(=O)[nH]c1=O)c1ccccc1. The van der Waals surface area contributed by atoms with E-state index in [-0.39, 0.29) is 11.1 Å². The number of nitrogens with one attached hydrogen (secondary N) is 1. The highest BCUT2D eigenvalue weighted by Crippen LogP contribution is 2.35. The molecule has 1 fully saturated rings. The predicted molar refractivity (Wildman–Crippen MR) is 122 cm³/mol. The lowest BCUT2D eigenvalue weighted by Crippen LogP contribution is -2.42. The third kappa shape index (κ3) is 5.81. The monoisotopic (exact) mass is 515 g/mol. The first kappa shape index (κ1) is 25.1. The van der Waals surface area contributed by atoms with E-state index in [4.69, 9.17) is 23.6 Å². The van der Waals surface area contributed by atoms with Crippen LogP contribution in [0.15, 0.2) is 82.5 Å². The summed E-state index contributed by atoms with van der Waals surface area (Å²) in [7, 11) is -3.04. The van der Waals surface area contributed by atoms with Crippen molar-refractivity contribution in [1.82, 2.24) is 9.55 Å². The van der Waals surface area contributed by atoms with Crippen molar-refractivity contribution < 1.29 is 37.8 Å². The summed E-state index contributed by atoms with van der Waals surface area (Å²) in [6.07, 6.45) is -4.23. The quantitative estimate of drug-likeness (QED) is 0.332. The van der Waals surface area contributed by atoms with Crippen LogP contribution in [0, 0.1) is 0 Å². The van der Waals surface area contributed by atoms with Crippen LogP contribution in [-0.2, 0) is 23.3 Å². The fourth-order valence-electron chi connectivity index (χ4n) is 3.63. The van der Waals surface area contributed by atoms with Crippen molar-refractivity contribution in [3.8, 4) is 0 Å². The third-order valence-electron chi connectivity index (χ3n) is 5.27. The maximum Gasteiger partial charge on any atom is 0.694 e. The highest BCUT2D eigenvalue weighted by atomic mass is 31.1. The average Bonchev–Trinajstić information content (AvgIpc) is 3.20. The number of aromatic nitrogens is 2. The van der Waals surface area contributed by atoms with Crippen molar-refractivity contribution in [3.63, 3.8) is 0 Å². The average molecular weight is 515 g/mol. The molecule has 13 heteroatoms. The Kier molecular flexibility index (Phi) is 7.81. The van der Waals surface area contributed by atoms with Crippen LogP contribution < -0.4 is 11.2 Å². The highest BCUT2D eigenvalue weighted by molar-refractivity contribution is 7.32. The molecule has 2 heterocycles. The molecule has 3 aromatic rings. The number of rotatable bonds is 8. The minimum Gasteiger partial charge on any atom is -0.452 e. The number of H-pyrrole nitrogens is 1. The number of nitrogens with zero attached hydrogens (tertiary/aromatic N) is 1. The fraction of sp³-hybridized carbons (Fsp3) is 0.217. The van der Waals surface area contributed by atoms with Gasteiger partial charge in [0.2, 0.25) is 0 Å². The van der Waals surface area contributed by atoms with Gasteiger partial charge in [0.1, 0.15) is 12.7 Å². The summed E-state index contributed by atoms with van der Waals surface area (Å²) in [5.41, 5.74) is -1.19. The van der Waals surface area contributed by atoms with Crippen molar-refractivity contribution in [2.75, 3.05) is 6.61 Å². The molecule has 2 N–H and O–H groups in total. The summed E-state index contributed by atoms with van der Waals surface area (Å²) >= 11 is 0. The van der Waals surface area contributed by atoms with E-state index < -0.39 is 62.6 Å². The fourth-order valence-corrected chi connectivity index (χ4v) is 3.91. The van der Waals surface area contributed by atoms with Gasteiger partial charge in [0.05, 0.1) is 11.1 Å². The van der Waals surface area contributed by atoms with Crippen LogP contribution in [0.3, 0.4) is 0 Å². The Morgan fingerprint density at radius 1 is 0.917 bits per heavy atom. The van der Waals surface area contributed by atoms with Gasteiger partial charge in [-0.2, -0.15) is 0 Å². The zero-order valence-corrected chi connectivity index (χ0v) is 19.4. The first-order chi connectivity index (χ1) is 17.3. The van der Waals surface area contributed by atoms with Gasteiger partial charge in [-0.25, -0.2) is 14.4 Å². The molecule has 0 spiro atoms. The molecular weight excluding hydrogens is 495 g/mol. The largest absolute Gasteiger partial charge is 0.694 e. The van der Waals surface area contributed by atoms with Crippen molar-refractivity contribution in [1.29, 1.82) is 0 Å². The highest BCUT2D eigenvalue weighted by Gasteiger charge is 2.52. The van der Waals surface area contributed by atoms with Crippen molar-refractivity contribution in [2.24, 2.45) is 0 Å². The standard InChI is InChI=1S/C23H19N2O10P/c26-17-11-12-25(23(29)24-17)20-19(35-22(28)15-9-5-2-6-10-15)18(16(33-20)13-32-36(30)31)34-21(27)14-7-3-1-4-8-14/h1-12,16,18-20H,13H2,(H-,24,26,29,30,31)/p+1/t16-,18-,19-,20-/m1/s1. The van der Waals surface area contributed by atoms with Crippen LogP contribution in [0.5, 0.6) is 0 Å². The number of esters is 2. The van der Waals surface area contributed by atoms with E-state index in [1.807, 2.05) is 0 Å². The number of benzene rings is 2. The molecule has 1 aliphatic rings. The van der Waals surface area contributed by atoms with E-state index in [1.54, 1.807) is 36.4 Å². The van der Waals surface area contributed by atoms with Crippen LogP contribution in [0.4, 0.5) is 0 Å². The number of hydrogen-bond acceptors (Lipinski definition) is 9. The van der Waals surface area contributed by atoms with Gasteiger partial charge in [-0.3, -0.25) is 14.3 Å². The molecule has 0 aliphatic carbocycles. The molecule has 0 radical (unpaired) electrons. The second kappa shape index (κ2) is 11.2. The van der Waals surface area contributed by atoms with Crippen molar-refractivity contribution in [3.05, 3.63) is 105 Å². The van der Waals surface area contributed by atoms with Crippen LogP contribution >= 0.6 is 8.25 Å². The normalized spacial score (nSPS) is 21.5. The summed E-state index contributed by atoms with van der Waals surface area (Å²) < 4.78 is 34.0. The van der Waals surface area contributed by atoms with Crippen LogP contribution in [0.2, 0.25) is 0 Å². The van der Waals surface area contributed by atoms with E-state index in [2.05, 4.69) is 4.98 Å². The number of carbonyl (C=O) groups excluding carboxylic acids is 2. The molecule has 0 amide bonds. The molecular formula is C23H20N2O10P+. The molecule has 2 aromatic carbocycles. The van der Waals surface area contributed by atoms with Gasteiger partial charge in [0.15, 0.2) is 18.4 Å². The molecule has 186 valence electrons. The summed E-state index contributed by atoms with van der Waals surface area (Å²) in [4.78, 5) is 61.0. The number of ether oxygens (including phenoxy) is 3. The molecule has 12 nitrogen and oxygen atoms in total. The second-order valence-corrected chi connectivity index (χ2v) is 8.32. The van der Waals surface area contributed by atoms with E-state index in [1.165, 1.54) is 24.3 Å². The van der Waals surface area contributed by atoms with Gasteiger partial charge in [-0.15, -0.1) is 9.42 Å². The lowest BCUT2D eigenvalue weighted by atomic mass is 10.1. The lowest BCUT2D eigenvalue weighted by Gasteiger charge is -2.24. The Hall–Kier alpha value is -3.96. The maximum absolute atomic E-state index is 12.9. The van der Waals surface area contributed by atoms with E-state index in [0.29, 0.717) is 0 Å². The van der Waals surface area contributed by atoms with E-state index >= 15 is 0 Å². The number of hydrogen-bond donors (Lipinski definition) is 2. The molecule has 0 bridgehead atoms. The van der Waals surface area contributed by atoms with Gasteiger partial charge in [0.25, 0.3) is 5.56 Å². The third-order valence-corrected chi connectivity index (χ3v) is 5.64. The zero-order valence-electron chi connectivity index (χ0n) is 18.5. The predicted octanol–water partition coefficient (Wildman–Crippen LogP) is 1.55. The Morgan fingerprint density at radius 3 is 2.00 bits per heavy atom. The summed E-state index contributed by atoms with van der Waals surface area (Å²) in [5.74, 6) is -1.60. The maximum atomic E-state index is 12.9. The van der Waals surface area contributed by atoms with Gasteiger partial charge in [-0.05, 0) is 24.3 Å². The Balaban J connectivity index is 1.72. The first-order valence-electron chi connectivity index (χ1n) is 10.6. The summed E-state index contributed by atoms with van der Waals surface area (Å²) in [6.45, 7) is -0.535. The van der Waals surface area contributed by atoms with Crippen molar-refractivity contribution in [2.45, 2.75) is 24.5 Å². The van der Waals surface area contributed by atoms with Gasteiger partial charge in [0, 0.05) is 16.8 Å². The molecule has 5 atom stereocenters. The Bertz CT molecular complexity index is 1360. The topological polar surface area (TPSA) is 163 Å². The van der Waals surface area contributed by atoms with Gasteiger partial charge >= 0.3 is 25.9 Å². The van der Waals surface area contributed by atoms with Crippen LogP contribution in [0.1, 0.15) is 26.9 Å². The molecule has 36 heavy (non-hydrogen) atoms. The smallest absolute Gasteiger partial charge is 0.452 e. The molecule has 1 unspecified atom stereocenters.